The lowest BCUT2D eigenvalue weighted by molar-refractivity contribution is -0.130. The lowest BCUT2D eigenvalue weighted by Crippen LogP contribution is -2.42. The van der Waals surface area contributed by atoms with Gasteiger partial charge in [-0.3, -0.25) is 9.89 Å². The normalized spacial score (nSPS) is 16.9. The van der Waals surface area contributed by atoms with Gasteiger partial charge in [-0.2, -0.15) is 5.10 Å². The van der Waals surface area contributed by atoms with Gasteiger partial charge in [0.25, 0.3) is 0 Å². The number of nitrogens with one attached hydrogen (secondary N) is 1. The second-order valence-corrected chi connectivity index (χ2v) is 9.65. The molecule has 2 aliphatic rings. The van der Waals surface area contributed by atoms with Crippen LogP contribution in [0.15, 0.2) is 48.8 Å². The van der Waals surface area contributed by atoms with Crippen LogP contribution in [-0.2, 0) is 4.79 Å². The predicted molar refractivity (Wildman–Crippen MR) is 143 cm³/mol. The van der Waals surface area contributed by atoms with Gasteiger partial charge in [-0.1, -0.05) is 6.07 Å². The fourth-order valence-corrected chi connectivity index (χ4v) is 4.98. The van der Waals surface area contributed by atoms with E-state index < -0.39 is 6.10 Å². The van der Waals surface area contributed by atoms with Crippen molar-refractivity contribution in [3.05, 3.63) is 54.6 Å². The van der Waals surface area contributed by atoms with E-state index >= 15 is 0 Å². The van der Waals surface area contributed by atoms with Crippen LogP contribution >= 0.6 is 0 Å². The molecule has 0 spiro atoms. The third-order valence-electron chi connectivity index (χ3n) is 7.07. The Kier molecular flexibility index (Phi) is 6.45. The molecular formula is C28H30N6O4. The van der Waals surface area contributed by atoms with E-state index in [1.54, 1.807) is 19.4 Å². The van der Waals surface area contributed by atoms with Gasteiger partial charge in [0.1, 0.15) is 18.2 Å². The molecule has 0 radical (unpaired) electrons. The third-order valence-corrected chi connectivity index (χ3v) is 7.07. The van der Waals surface area contributed by atoms with Crippen LogP contribution in [0.2, 0.25) is 0 Å². The molecule has 0 aliphatic carbocycles. The summed E-state index contributed by atoms with van der Waals surface area (Å²) in [5.74, 6) is 3.17. The van der Waals surface area contributed by atoms with Crippen molar-refractivity contribution in [1.82, 2.24) is 25.1 Å². The third kappa shape index (κ3) is 4.69. The Morgan fingerprint density at radius 3 is 2.76 bits per heavy atom. The quantitative estimate of drug-likeness (QED) is 0.412. The summed E-state index contributed by atoms with van der Waals surface area (Å²) in [6.45, 7) is 2.11. The predicted octanol–water partition coefficient (Wildman–Crippen LogP) is 3.99. The van der Waals surface area contributed by atoms with Crippen molar-refractivity contribution < 1.29 is 19.0 Å². The Balaban J connectivity index is 1.37. The molecule has 0 saturated carbocycles. The first-order chi connectivity index (χ1) is 18.6. The van der Waals surface area contributed by atoms with E-state index in [4.69, 9.17) is 24.2 Å². The highest BCUT2D eigenvalue weighted by Crippen LogP contribution is 2.39. The first-order valence-corrected chi connectivity index (χ1v) is 12.9. The van der Waals surface area contributed by atoms with E-state index in [1.807, 2.05) is 53.4 Å². The monoisotopic (exact) mass is 514 g/mol. The minimum Gasteiger partial charge on any atom is -0.497 e. The maximum absolute atomic E-state index is 13.1. The number of rotatable bonds is 6. The lowest BCUT2D eigenvalue weighted by Gasteiger charge is -2.30. The number of H-pyrrole nitrogens is 1. The van der Waals surface area contributed by atoms with Crippen LogP contribution in [0.3, 0.4) is 0 Å². The largest absolute Gasteiger partial charge is 0.497 e. The molecule has 1 saturated heterocycles. The summed E-state index contributed by atoms with van der Waals surface area (Å²) in [6.07, 6.45) is 6.38. The zero-order chi connectivity index (χ0) is 26.1. The number of piperidine rings is 1. The molecule has 1 atom stereocenters. The lowest BCUT2D eigenvalue weighted by atomic mass is 10.1. The van der Waals surface area contributed by atoms with E-state index in [0.29, 0.717) is 28.9 Å². The van der Waals surface area contributed by atoms with Gasteiger partial charge >= 0.3 is 0 Å². The molecule has 10 nitrogen and oxygen atoms in total. The van der Waals surface area contributed by atoms with Crippen LogP contribution in [0.4, 0.5) is 5.82 Å². The maximum atomic E-state index is 13.1. The number of benzene rings is 2. The SMILES string of the molecule is COc1ccc2c(c1)OC(c1nc(N(C)CC(=O)N3CCCCC3)c3cc(-c4cn[nH]c4)ccc3n1)CO2. The topological polar surface area (TPSA) is 106 Å². The average molecular weight is 515 g/mol. The number of likely N-dealkylation sites (N-methyl/N-ethyl adjacent to an activating group) is 1. The Morgan fingerprint density at radius 1 is 1.11 bits per heavy atom. The fourth-order valence-electron chi connectivity index (χ4n) is 4.98. The smallest absolute Gasteiger partial charge is 0.242 e. The second kappa shape index (κ2) is 10.2. The van der Waals surface area contributed by atoms with E-state index in [2.05, 4.69) is 10.2 Å². The summed E-state index contributed by atoms with van der Waals surface area (Å²) in [7, 11) is 3.51. The maximum Gasteiger partial charge on any atom is 0.242 e. The highest BCUT2D eigenvalue weighted by atomic mass is 16.6. The highest BCUT2D eigenvalue weighted by molar-refractivity contribution is 5.94. The van der Waals surface area contributed by atoms with Crippen LogP contribution in [0.5, 0.6) is 17.2 Å². The minimum atomic E-state index is -0.516. The number of fused-ring (bicyclic) bond motifs is 2. The minimum absolute atomic E-state index is 0.102. The zero-order valence-electron chi connectivity index (χ0n) is 21.5. The van der Waals surface area contributed by atoms with Crippen molar-refractivity contribution in [3.8, 4) is 28.4 Å². The summed E-state index contributed by atoms with van der Waals surface area (Å²) < 4.78 is 17.6. The number of carbonyl (C=O) groups excluding carboxylic acids is 1. The Bertz CT molecular complexity index is 1450. The van der Waals surface area contributed by atoms with Gasteiger partial charge in [-0.15, -0.1) is 0 Å². The van der Waals surface area contributed by atoms with E-state index in [0.717, 1.165) is 48.0 Å². The summed E-state index contributed by atoms with van der Waals surface area (Å²) in [6, 6.07) is 11.5. The summed E-state index contributed by atoms with van der Waals surface area (Å²) in [5.41, 5.74) is 2.70. The van der Waals surface area contributed by atoms with Crippen molar-refractivity contribution in [1.29, 1.82) is 0 Å². The molecule has 10 heteroatoms. The number of hydrogen-bond acceptors (Lipinski definition) is 8. The number of anilines is 1. The molecule has 1 N–H and O–H groups in total. The Morgan fingerprint density at radius 2 is 1.97 bits per heavy atom. The van der Waals surface area contributed by atoms with Gasteiger partial charge in [0, 0.05) is 43.4 Å². The fraction of sp³-hybridized carbons (Fsp3) is 0.357. The molecule has 1 unspecified atom stereocenters. The number of carbonyl (C=O) groups is 1. The number of ether oxygens (including phenoxy) is 3. The van der Waals surface area contributed by atoms with Gasteiger partial charge in [0.05, 0.1) is 25.4 Å². The van der Waals surface area contributed by atoms with E-state index in [-0.39, 0.29) is 19.1 Å². The Hall–Kier alpha value is -4.34. The number of aromatic amines is 1. The van der Waals surface area contributed by atoms with Crippen molar-refractivity contribution in [3.63, 3.8) is 0 Å². The van der Waals surface area contributed by atoms with Crippen LogP contribution < -0.4 is 19.1 Å². The Labute approximate surface area is 220 Å². The molecule has 1 fully saturated rings. The van der Waals surface area contributed by atoms with Crippen molar-refractivity contribution in [2.45, 2.75) is 25.4 Å². The standard InChI is InChI=1S/C28H30N6O4/c1-33(16-26(35)34-10-4-3-5-11-34)28-21-12-18(19-14-29-30-15-19)6-8-22(21)31-27(32-28)25-17-37-23-9-7-20(36-2)13-24(23)38-25/h6-9,12-15,25H,3-5,10-11,16-17H2,1-2H3,(H,29,30). The molecule has 0 bridgehead atoms. The summed E-state index contributed by atoms with van der Waals surface area (Å²) in [4.78, 5) is 26.8. The molecule has 4 heterocycles. The number of hydrogen-bond donors (Lipinski definition) is 1. The van der Waals surface area contributed by atoms with E-state index in [1.165, 1.54) is 6.42 Å². The average Bonchev–Trinajstić information content (AvgIpc) is 3.51. The summed E-state index contributed by atoms with van der Waals surface area (Å²) >= 11 is 0. The molecule has 6 rings (SSSR count). The molecule has 2 aromatic carbocycles. The van der Waals surface area contributed by atoms with Crippen LogP contribution in [0, 0.1) is 0 Å². The number of likely N-dealkylation sites (tertiary alicyclic amines) is 1. The highest BCUT2D eigenvalue weighted by Gasteiger charge is 2.28. The first-order valence-electron chi connectivity index (χ1n) is 12.9. The van der Waals surface area contributed by atoms with Gasteiger partial charge in [0.15, 0.2) is 23.4 Å². The number of nitrogens with zero attached hydrogens (tertiary/aromatic N) is 5. The van der Waals surface area contributed by atoms with Gasteiger partial charge in [-0.25, -0.2) is 9.97 Å². The van der Waals surface area contributed by atoms with E-state index in [9.17, 15) is 4.79 Å². The molecule has 2 aliphatic heterocycles. The molecule has 4 aromatic rings. The summed E-state index contributed by atoms with van der Waals surface area (Å²) in [5, 5.41) is 7.79. The number of amides is 1. The van der Waals surface area contributed by atoms with Crippen LogP contribution in [-0.4, -0.2) is 71.4 Å². The van der Waals surface area contributed by atoms with Crippen molar-refractivity contribution in [2.24, 2.45) is 0 Å². The van der Waals surface area contributed by atoms with Crippen molar-refractivity contribution >= 4 is 22.6 Å². The van der Waals surface area contributed by atoms with Gasteiger partial charge in [0.2, 0.25) is 5.91 Å². The number of methoxy groups -OCH3 is 1. The zero-order valence-corrected chi connectivity index (χ0v) is 21.5. The molecule has 2 aromatic heterocycles. The van der Waals surface area contributed by atoms with Crippen LogP contribution in [0.1, 0.15) is 31.2 Å². The molecular weight excluding hydrogens is 484 g/mol. The van der Waals surface area contributed by atoms with Crippen molar-refractivity contribution in [2.75, 3.05) is 45.3 Å². The molecule has 196 valence electrons. The van der Waals surface area contributed by atoms with Gasteiger partial charge in [-0.05, 0) is 49.1 Å². The van der Waals surface area contributed by atoms with Crippen LogP contribution in [0.25, 0.3) is 22.0 Å². The second-order valence-electron chi connectivity index (χ2n) is 9.65. The van der Waals surface area contributed by atoms with Gasteiger partial charge < -0.3 is 24.0 Å². The number of aromatic nitrogens is 4. The first kappa shape index (κ1) is 24.0. The molecule has 1 amide bonds. The molecule has 38 heavy (non-hydrogen) atoms.